The van der Waals surface area contributed by atoms with Gasteiger partial charge in [-0.1, -0.05) is 49.8 Å². The molecule has 2 N–H and O–H groups in total. The van der Waals surface area contributed by atoms with Gasteiger partial charge in [0, 0.05) is 34.5 Å². The van der Waals surface area contributed by atoms with Gasteiger partial charge in [-0.05, 0) is 44.6 Å². The molecule has 2 aromatic carbocycles. The second kappa shape index (κ2) is 8.70. The third-order valence-electron chi connectivity index (χ3n) is 5.49. The van der Waals surface area contributed by atoms with Crippen molar-refractivity contribution in [1.82, 2.24) is 15.1 Å². The van der Waals surface area contributed by atoms with Gasteiger partial charge in [-0.2, -0.15) is 0 Å². The van der Waals surface area contributed by atoms with Gasteiger partial charge in [0.05, 0.1) is 0 Å². The van der Waals surface area contributed by atoms with E-state index in [1.807, 2.05) is 30.3 Å². The highest BCUT2D eigenvalue weighted by Crippen LogP contribution is 2.35. The van der Waals surface area contributed by atoms with Gasteiger partial charge in [0.1, 0.15) is 19.5 Å². The summed E-state index contributed by atoms with van der Waals surface area (Å²) in [5, 5.41) is 25.4. The topological polar surface area (TPSA) is 61.3 Å². The number of nitrogens with zero attached hydrogens (tertiary/aromatic N) is 3. The van der Waals surface area contributed by atoms with Crippen LogP contribution >= 0.6 is 0 Å². The fourth-order valence-corrected chi connectivity index (χ4v) is 4.48. The molecule has 0 spiro atoms. The fourth-order valence-electron chi connectivity index (χ4n) is 3.96. The normalized spacial score (nSPS) is 17.2. The van der Waals surface area contributed by atoms with Crippen molar-refractivity contribution in [1.29, 1.82) is 0 Å². The predicted octanol–water partition coefficient (Wildman–Crippen LogP) is 4.74. The van der Waals surface area contributed by atoms with Crippen LogP contribution in [0.25, 0.3) is 22.0 Å². The maximum atomic E-state index is 10.7. The Balaban J connectivity index is 1.70. The monoisotopic (exact) mass is 430 g/mol. The smallest absolute Gasteiger partial charge is 0.156 e. The molecule has 0 bridgehead atoms. The van der Waals surface area contributed by atoms with Crippen molar-refractivity contribution in [3.05, 3.63) is 48.0 Å². The standard InChI is InChI=1S/C25H30N4OSi/c1-29-14-7-8-19(17-29)26-25-21-10-6-5-9-20(21)24(27-28-25)22-12-11-18(16-23(22)30)13-15-31(2,3)4/h5-6,9-12,16,19,30H,7-8,14,17H2,1-4H3,(H,26,28)/t19-/m1/s1. The fraction of sp³-hybridized carbons (Fsp3) is 0.360. The molecule has 5 nitrogen and oxygen atoms in total. The van der Waals surface area contributed by atoms with Crippen LogP contribution in [0.15, 0.2) is 42.5 Å². The van der Waals surface area contributed by atoms with Crippen LogP contribution in [-0.2, 0) is 0 Å². The number of likely N-dealkylation sites (tertiary alicyclic amines) is 1. The maximum Gasteiger partial charge on any atom is 0.156 e. The largest absolute Gasteiger partial charge is 0.507 e. The first-order chi connectivity index (χ1) is 14.8. The number of hydrogen-bond acceptors (Lipinski definition) is 5. The Hall–Kier alpha value is -2.88. The Labute approximate surface area is 185 Å². The molecule has 1 aliphatic rings. The van der Waals surface area contributed by atoms with Crippen molar-refractivity contribution in [3.8, 4) is 28.5 Å². The van der Waals surface area contributed by atoms with Crippen molar-refractivity contribution >= 4 is 24.7 Å². The van der Waals surface area contributed by atoms with Crippen LogP contribution in [0.1, 0.15) is 18.4 Å². The number of rotatable bonds is 3. The van der Waals surface area contributed by atoms with Gasteiger partial charge in [0.15, 0.2) is 5.82 Å². The lowest BCUT2D eigenvalue weighted by Gasteiger charge is -2.30. The lowest BCUT2D eigenvalue weighted by molar-refractivity contribution is 0.261. The number of nitrogens with one attached hydrogen (secondary N) is 1. The number of phenols is 1. The van der Waals surface area contributed by atoms with E-state index in [2.05, 4.69) is 64.6 Å². The first kappa shape index (κ1) is 21.4. The summed E-state index contributed by atoms with van der Waals surface area (Å²) in [7, 11) is 0.678. The van der Waals surface area contributed by atoms with Crippen molar-refractivity contribution in [2.75, 3.05) is 25.5 Å². The summed E-state index contributed by atoms with van der Waals surface area (Å²) < 4.78 is 0. The van der Waals surface area contributed by atoms with Crippen LogP contribution in [0.4, 0.5) is 5.82 Å². The molecule has 0 amide bonds. The minimum absolute atomic E-state index is 0.177. The quantitative estimate of drug-likeness (QED) is 0.464. The molecule has 1 aromatic heterocycles. The molecule has 1 atom stereocenters. The van der Waals surface area contributed by atoms with Gasteiger partial charge < -0.3 is 15.3 Å². The Bertz CT molecular complexity index is 1160. The van der Waals surface area contributed by atoms with E-state index in [-0.39, 0.29) is 5.75 Å². The number of piperidine rings is 1. The van der Waals surface area contributed by atoms with E-state index in [9.17, 15) is 5.11 Å². The Morgan fingerprint density at radius 2 is 1.87 bits per heavy atom. The molecule has 1 aliphatic heterocycles. The van der Waals surface area contributed by atoms with Gasteiger partial charge in [0.25, 0.3) is 0 Å². The Morgan fingerprint density at radius 3 is 2.58 bits per heavy atom. The zero-order valence-corrected chi connectivity index (χ0v) is 19.7. The zero-order valence-electron chi connectivity index (χ0n) is 18.7. The number of fused-ring (bicyclic) bond motifs is 1. The van der Waals surface area contributed by atoms with E-state index in [0.717, 1.165) is 41.7 Å². The van der Waals surface area contributed by atoms with E-state index in [1.165, 1.54) is 6.42 Å². The lowest BCUT2D eigenvalue weighted by Crippen LogP contribution is -2.40. The number of phenolic OH excluding ortho intramolecular Hbond substituents is 1. The molecule has 31 heavy (non-hydrogen) atoms. The van der Waals surface area contributed by atoms with Gasteiger partial charge in [-0.15, -0.1) is 15.7 Å². The lowest BCUT2D eigenvalue weighted by atomic mass is 10.0. The van der Waals surface area contributed by atoms with Crippen LogP contribution in [0.3, 0.4) is 0 Å². The molecule has 0 saturated carbocycles. The summed E-state index contributed by atoms with van der Waals surface area (Å²) in [6.07, 6.45) is 2.31. The predicted molar refractivity (Wildman–Crippen MR) is 131 cm³/mol. The van der Waals surface area contributed by atoms with Gasteiger partial charge >= 0.3 is 0 Å². The van der Waals surface area contributed by atoms with Crippen molar-refractivity contribution < 1.29 is 5.11 Å². The molecule has 1 fully saturated rings. The molecule has 0 radical (unpaired) electrons. The molecular weight excluding hydrogens is 400 g/mol. The van der Waals surface area contributed by atoms with E-state index in [1.54, 1.807) is 6.07 Å². The number of hydrogen-bond donors (Lipinski definition) is 2. The van der Waals surface area contributed by atoms with E-state index >= 15 is 0 Å². The molecule has 4 rings (SSSR count). The first-order valence-corrected chi connectivity index (χ1v) is 14.4. The molecule has 2 heterocycles. The van der Waals surface area contributed by atoms with Crippen LogP contribution in [0.2, 0.25) is 19.6 Å². The van der Waals surface area contributed by atoms with Crippen molar-refractivity contribution in [2.24, 2.45) is 0 Å². The van der Waals surface area contributed by atoms with Gasteiger partial charge in [-0.3, -0.25) is 0 Å². The maximum absolute atomic E-state index is 10.7. The molecule has 3 aromatic rings. The number of benzene rings is 2. The molecule has 1 saturated heterocycles. The molecule has 160 valence electrons. The van der Waals surface area contributed by atoms with Gasteiger partial charge in [-0.25, -0.2) is 0 Å². The number of anilines is 1. The summed E-state index contributed by atoms with van der Waals surface area (Å²) in [6.45, 7) is 8.75. The summed E-state index contributed by atoms with van der Waals surface area (Å²) in [4.78, 5) is 2.34. The first-order valence-electron chi connectivity index (χ1n) is 10.9. The Morgan fingerprint density at radius 1 is 1.10 bits per heavy atom. The second-order valence-electron chi connectivity index (χ2n) is 9.42. The van der Waals surface area contributed by atoms with Crippen LogP contribution in [-0.4, -0.2) is 54.5 Å². The summed E-state index contributed by atoms with van der Waals surface area (Å²) in [5.74, 6) is 4.18. The van der Waals surface area contributed by atoms with Crippen LogP contribution in [0.5, 0.6) is 5.75 Å². The number of likely N-dealkylation sites (N-methyl/N-ethyl adjacent to an activating group) is 1. The molecular formula is C25H30N4OSi. The van der Waals surface area contributed by atoms with Crippen LogP contribution < -0.4 is 5.32 Å². The number of aromatic nitrogens is 2. The minimum atomic E-state index is -1.48. The van der Waals surface area contributed by atoms with E-state index in [0.29, 0.717) is 17.3 Å². The SMILES string of the molecule is CN1CCC[C@@H](Nc2nnc(-c3ccc(C#C[Si](C)(C)C)cc3O)c3ccccc23)C1. The molecule has 0 unspecified atom stereocenters. The van der Waals surface area contributed by atoms with Crippen LogP contribution in [0, 0.1) is 11.5 Å². The third-order valence-corrected chi connectivity index (χ3v) is 6.36. The highest BCUT2D eigenvalue weighted by Gasteiger charge is 2.20. The average molecular weight is 431 g/mol. The third kappa shape index (κ3) is 5.06. The molecule has 0 aliphatic carbocycles. The van der Waals surface area contributed by atoms with Crippen molar-refractivity contribution in [2.45, 2.75) is 38.5 Å². The van der Waals surface area contributed by atoms with E-state index in [4.69, 9.17) is 0 Å². The molecule has 6 heteroatoms. The van der Waals surface area contributed by atoms with Gasteiger partial charge in [0.2, 0.25) is 0 Å². The van der Waals surface area contributed by atoms with Crippen molar-refractivity contribution in [3.63, 3.8) is 0 Å². The Kier molecular flexibility index (Phi) is 5.99. The van der Waals surface area contributed by atoms with E-state index < -0.39 is 8.07 Å². The minimum Gasteiger partial charge on any atom is -0.507 e. The summed E-state index contributed by atoms with van der Waals surface area (Å²) >= 11 is 0. The number of aromatic hydroxyl groups is 1. The average Bonchev–Trinajstić information content (AvgIpc) is 2.73. The highest BCUT2D eigenvalue weighted by molar-refractivity contribution is 6.83. The highest BCUT2D eigenvalue weighted by atomic mass is 28.3. The summed E-state index contributed by atoms with van der Waals surface area (Å²) in [6, 6.07) is 14.0. The summed E-state index contributed by atoms with van der Waals surface area (Å²) in [5.41, 5.74) is 5.52. The zero-order chi connectivity index (χ0) is 22.0. The second-order valence-corrected chi connectivity index (χ2v) is 14.2.